The molecule has 10 nitrogen and oxygen atoms in total. The third kappa shape index (κ3) is 10.6. The predicted molar refractivity (Wildman–Crippen MR) is 182 cm³/mol. The van der Waals surface area contributed by atoms with Crippen molar-refractivity contribution in [3.05, 3.63) is 59.7 Å². The number of aliphatic carboxylic acids is 1. The van der Waals surface area contributed by atoms with Crippen LogP contribution in [0.15, 0.2) is 53.4 Å². The van der Waals surface area contributed by atoms with Crippen LogP contribution in [0.1, 0.15) is 75.0 Å². The van der Waals surface area contributed by atoms with E-state index in [-0.39, 0.29) is 41.9 Å². The number of carboxylic acids is 1. The summed E-state index contributed by atoms with van der Waals surface area (Å²) in [5.74, 6) is -1.63. The van der Waals surface area contributed by atoms with Gasteiger partial charge in [0.2, 0.25) is 15.9 Å². The number of hydrogen-bond acceptors (Lipinski definition) is 7. The number of amides is 1. The number of piperidine rings is 1. The fraction of sp³-hybridized carbons (Fsp3) is 0.611. The largest absolute Gasteiger partial charge is 0.493 e. The van der Waals surface area contributed by atoms with Crippen molar-refractivity contribution in [3.63, 3.8) is 0 Å². The summed E-state index contributed by atoms with van der Waals surface area (Å²) in [6.07, 6.45) is -0.355. The lowest BCUT2D eigenvalue weighted by Crippen LogP contribution is -2.62. The van der Waals surface area contributed by atoms with Crippen LogP contribution in [0.5, 0.6) is 5.75 Å². The smallest absolute Gasteiger partial charge is 0.490 e. The molecule has 2 atom stereocenters. The van der Waals surface area contributed by atoms with Crippen molar-refractivity contribution < 1.29 is 54.2 Å². The second-order valence-electron chi connectivity index (χ2n) is 14.3. The first kappa shape index (κ1) is 40.8. The number of sulfonamides is 1. The minimum Gasteiger partial charge on any atom is -0.493 e. The molecule has 6 rings (SSSR count). The zero-order valence-electron chi connectivity index (χ0n) is 29.2. The standard InChI is InChI=1S/C34H45F3N4O4S.C2HF3O2/c35-34(36,37)27-10-8-26(9-11-27)32(25-6-7-25)40-20-21-41(31(22-40)33(42)39-18-16-28(38)17-19-39)46(43,44)30-14-12-29(13-15-30)45-23-24-4-2-1-3-5-24;3-2(4,5)1(6)7/h8-15,24-25,28,31-32H,1-7,16-23,38H2;(H,6,7)/t31-,32?;/m1./s1. The van der Waals surface area contributed by atoms with E-state index in [2.05, 4.69) is 4.90 Å². The summed E-state index contributed by atoms with van der Waals surface area (Å²) in [5, 5.41) is 7.12. The van der Waals surface area contributed by atoms with Gasteiger partial charge in [0.25, 0.3) is 0 Å². The van der Waals surface area contributed by atoms with Gasteiger partial charge in [0, 0.05) is 44.8 Å². The van der Waals surface area contributed by atoms with Crippen molar-refractivity contribution in [2.45, 2.75) is 93.2 Å². The summed E-state index contributed by atoms with van der Waals surface area (Å²) in [4.78, 5) is 26.9. The van der Waals surface area contributed by atoms with Crippen LogP contribution in [0.3, 0.4) is 0 Å². The number of nitrogens with two attached hydrogens (primary N) is 1. The molecule has 4 aliphatic rings. The molecule has 2 saturated heterocycles. The number of ether oxygens (including phenoxy) is 1. The van der Waals surface area contributed by atoms with Crippen LogP contribution in [0.25, 0.3) is 0 Å². The van der Waals surface area contributed by atoms with Crippen LogP contribution in [0.2, 0.25) is 0 Å². The van der Waals surface area contributed by atoms with Crippen molar-refractivity contribution in [1.82, 2.24) is 14.1 Å². The van der Waals surface area contributed by atoms with Gasteiger partial charge in [-0.3, -0.25) is 9.69 Å². The zero-order valence-corrected chi connectivity index (χ0v) is 30.0. The van der Waals surface area contributed by atoms with Crippen LogP contribution in [0.4, 0.5) is 26.3 Å². The fourth-order valence-electron chi connectivity index (χ4n) is 7.33. The molecule has 2 aliphatic carbocycles. The van der Waals surface area contributed by atoms with Gasteiger partial charge in [-0.1, -0.05) is 31.4 Å². The zero-order chi connectivity index (χ0) is 38.6. The van der Waals surface area contributed by atoms with Gasteiger partial charge in [-0.15, -0.1) is 0 Å². The maximum absolute atomic E-state index is 14.1. The number of alkyl halides is 6. The molecule has 294 valence electrons. The van der Waals surface area contributed by atoms with E-state index in [0.717, 1.165) is 43.4 Å². The molecule has 1 amide bonds. The predicted octanol–water partition coefficient (Wildman–Crippen LogP) is 6.07. The number of hydrogen-bond donors (Lipinski definition) is 2. The quantitative estimate of drug-likeness (QED) is 0.294. The highest BCUT2D eigenvalue weighted by Crippen LogP contribution is 2.46. The summed E-state index contributed by atoms with van der Waals surface area (Å²) in [7, 11) is -4.04. The van der Waals surface area contributed by atoms with Crippen molar-refractivity contribution in [1.29, 1.82) is 0 Å². The van der Waals surface area contributed by atoms with Crippen molar-refractivity contribution in [3.8, 4) is 5.75 Å². The van der Waals surface area contributed by atoms with Crippen LogP contribution in [-0.2, 0) is 25.8 Å². The van der Waals surface area contributed by atoms with E-state index in [1.807, 2.05) is 0 Å². The maximum Gasteiger partial charge on any atom is 0.490 e. The number of benzene rings is 2. The lowest BCUT2D eigenvalue weighted by molar-refractivity contribution is -0.192. The molecule has 1 unspecified atom stereocenters. The third-order valence-corrected chi connectivity index (χ3v) is 12.3. The van der Waals surface area contributed by atoms with Gasteiger partial charge in [0.1, 0.15) is 11.8 Å². The highest BCUT2D eigenvalue weighted by atomic mass is 32.2. The van der Waals surface area contributed by atoms with Gasteiger partial charge in [0.05, 0.1) is 17.1 Å². The summed E-state index contributed by atoms with van der Waals surface area (Å²) < 4.78 is 107. The number of halogens is 6. The molecular formula is C36H46F6N4O6S. The van der Waals surface area contributed by atoms with Gasteiger partial charge in [0.15, 0.2) is 0 Å². The van der Waals surface area contributed by atoms with Crippen LogP contribution in [0, 0.1) is 11.8 Å². The summed E-state index contributed by atoms with van der Waals surface area (Å²) in [5.41, 5.74) is 6.15. The molecule has 3 N–H and O–H groups in total. The topological polar surface area (TPSA) is 133 Å². The van der Waals surface area contributed by atoms with Crippen molar-refractivity contribution in [2.24, 2.45) is 17.6 Å². The van der Waals surface area contributed by atoms with Crippen molar-refractivity contribution in [2.75, 3.05) is 39.3 Å². The minimum atomic E-state index is -5.08. The molecule has 0 spiro atoms. The average Bonchev–Trinajstić information content (AvgIpc) is 3.96. The number of nitrogens with zero attached hydrogens (tertiary/aromatic N) is 3. The Balaban J connectivity index is 0.000000705. The maximum atomic E-state index is 14.1. The van der Waals surface area contributed by atoms with E-state index in [9.17, 15) is 39.6 Å². The Morgan fingerprint density at radius 2 is 1.42 bits per heavy atom. The molecule has 4 fully saturated rings. The third-order valence-electron chi connectivity index (χ3n) is 10.4. The Bertz CT molecular complexity index is 1640. The molecule has 2 aromatic carbocycles. The lowest BCUT2D eigenvalue weighted by Gasteiger charge is -2.45. The first-order valence-electron chi connectivity index (χ1n) is 18.0. The Morgan fingerprint density at radius 1 is 0.830 bits per heavy atom. The first-order valence-corrected chi connectivity index (χ1v) is 19.4. The molecule has 2 aromatic rings. The van der Waals surface area contributed by atoms with Gasteiger partial charge in [-0.05, 0) is 92.3 Å². The number of carbonyl (C=O) groups excluding carboxylic acids is 1. The molecule has 17 heteroatoms. The lowest BCUT2D eigenvalue weighted by atomic mass is 9.90. The monoisotopic (exact) mass is 776 g/mol. The highest BCUT2D eigenvalue weighted by molar-refractivity contribution is 7.89. The number of likely N-dealkylation sites (tertiary alicyclic amines) is 1. The molecule has 0 radical (unpaired) electrons. The van der Waals surface area contributed by atoms with E-state index in [1.54, 1.807) is 29.2 Å². The van der Waals surface area contributed by atoms with E-state index in [0.29, 0.717) is 50.8 Å². The second-order valence-corrected chi connectivity index (χ2v) is 16.2. The van der Waals surface area contributed by atoms with E-state index in [1.165, 1.54) is 35.7 Å². The van der Waals surface area contributed by atoms with E-state index in [4.69, 9.17) is 20.4 Å². The van der Waals surface area contributed by atoms with Gasteiger partial charge in [-0.25, -0.2) is 13.2 Å². The molecule has 2 saturated carbocycles. The first-order chi connectivity index (χ1) is 24.9. The summed E-state index contributed by atoms with van der Waals surface area (Å²) >= 11 is 0. The van der Waals surface area contributed by atoms with Crippen LogP contribution in [-0.4, -0.2) is 97.1 Å². The Kier molecular flexibility index (Phi) is 13.0. The number of rotatable bonds is 9. The molecule has 0 bridgehead atoms. The SMILES string of the molecule is NC1CCN(C(=O)[C@H]2CN(C(c3ccc(C(F)(F)F)cc3)C3CC3)CCN2S(=O)(=O)c2ccc(OCC3CCCCC3)cc2)CC1.O=C(O)C(F)(F)F. The molecule has 0 aromatic heterocycles. The Morgan fingerprint density at radius 3 is 1.94 bits per heavy atom. The molecule has 2 aliphatic heterocycles. The van der Waals surface area contributed by atoms with Crippen molar-refractivity contribution >= 4 is 21.9 Å². The normalized spacial score (nSPS) is 22.1. The average molecular weight is 777 g/mol. The number of carbonyl (C=O) groups is 2. The molecule has 53 heavy (non-hydrogen) atoms. The summed E-state index contributed by atoms with van der Waals surface area (Å²) in [6.45, 7) is 2.15. The molecule has 2 heterocycles. The number of piperazine rings is 1. The van der Waals surface area contributed by atoms with E-state index >= 15 is 0 Å². The van der Waals surface area contributed by atoms with Gasteiger partial charge < -0.3 is 20.5 Å². The number of carboxylic acid groups (broad SMARTS) is 1. The van der Waals surface area contributed by atoms with E-state index < -0.39 is 40.0 Å². The second kappa shape index (κ2) is 16.9. The molecular weight excluding hydrogens is 730 g/mol. The van der Waals surface area contributed by atoms with Crippen LogP contribution >= 0.6 is 0 Å². The van der Waals surface area contributed by atoms with Gasteiger partial charge in [-0.2, -0.15) is 30.6 Å². The minimum absolute atomic E-state index is 0.00417. The Hall–Kier alpha value is -3.41. The fourth-order valence-corrected chi connectivity index (χ4v) is 8.90. The van der Waals surface area contributed by atoms with Gasteiger partial charge >= 0.3 is 18.3 Å². The van der Waals surface area contributed by atoms with Crippen LogP contribution < -0.4 is 10.5 Å². The Labute approximate surface area is 305 Å². The highest BCUT2D eigenvalue weighted by Gasteiger charge is 2.46. The summed E-state index contributed by atoms with van der Waals surface area (Å²) in [6, 6.07) is 10.6.